The third-order valence-corrected chi connectivity index (χ3v) is 3.16. The zero-order chi connectivity index (χ0) is 11.5. The second-order valence-electron chi connectivity index (χ2n) is 4.22. The number of anilines is 2. The monoisotopic (exact) mass is 240 g/mol. The van der Waals surface area contributed by atoms with E-state index < -0.39 is 0 Å². The highest BCUT2D eigenvalue weighted by molar-refractivity contribution is 6.28. The number of nitrogen functional groups attached to an aromatic ring is 1. The molecule has 5 heteroatoms. The second-order valence-corrected chi connectivity index (χ2v) is 4.55. The van der Waals surface area contributed by atoms with Crippen molar-refractivity contribution in [2.24, 2.45) is 0 Å². The summed E-state index contributed by atoms with van der Waals surface area (Å²) in [5.74, 6) is 0.805. The smallest absolute Gasteiger partial charge is 0.224 e. The highest BCUT2D eigenvalue weighted by Crippen LogP contribution is 2.26. The summed E-state index contributed by atoms with van der Waals surface area (Å²) in [5.41, 5.74) is 7.43. The van der Waals surface area contributed by atoms with Crippen LogP contribution in [-0.4, -0.2) is 23.1 Å². The number of aryl methyl sites for hydroxylation is 1. The third kappa shape index (κ3) is 2.38. The summed E-state index contributed by atoms with van der Waals surface area (Å²) in [5, 5.41) is 0.283. The van der Waals surface area contributed by atoms with Crippen LogP contribution in [0.1, 0.15) is 31.4 Å². The Hall–Kier alpha value is -1.03. The van der Waals surface area contributed by atoms with Gasteiger partial charge in [-0.15, -0.1) is 0 Å². The number of halogens is 1. The lowest BCUT2D eigenvalue weighted by molar-refractivity contribution is 0.726. The minimum absolute atomic E-state index is 0.283. The summed E-state index contributed by atoms with van der Waals surface area (Å²) < 4.78 is 0. The standard InChI is InChI=1S/C11H17ClN4/c1-8-9(13)10(15-11(12)14-8)16-6-4-2-3-5-7-16/h2-7,13H2,1H3. The van der Waals surface area contributed by atoms with E-state index in [2.05, 4.69) is 14.9 Å². The van der Waals surface area contributed by atoms with Gasteiger partial charge in [0.2, 0.25) is 5.28 Å². The molecule has 0 aromatic carbocycles. The number of hydrogen-bond acceptors (Lipinski definition) is 4. The summed E-state index contributed by atoms with van der Waals surface area (Å²) in [6.07, 6.45) is 4.96. The van der Waals surface area contributed by atoms with Crippen molar-refractivity contribution < 1.29 is 0 Å². The van der Waals surface area contributed by atoms with E-state index in [0.29, 0.717) is 5.69 Å². The molecule has 2 heterocycles. The van der Waals surface area contributed by atoms with Gasteiger partial charge in [0.15, 0.2) is 5.82 Å². The van der Waals surface area contributed by atoms with E-state index in [0.717, 1.165) is 24.6 Å². The van der Waals surface area contributed by atoms with Crippen molar-refractivity contribution in [3.8, 4) is 0 Å². The number of aromatic nitrogens is 2. The van der Waals surface area contributed by atoms with Crippen LogP contribution < -0.4 is 10.6 Å². The molecule has 0 saturated carbocycles. The Morgan fingerprint density at radius 3 is 2.38 bits per heavy atom. The van der Waals surface area contributed by atoms with E-state index in [1.165, 1.54) is 25.7 Å². The van der Waals surface area contributed by atoms with Gasteiger partial charge in [-0.25, -0.2) is 4.98 Å². The third-order valence-electron chi connectivity index (χ3n) is 2.99. The van der Waals surface area contributed by atoms with Crippen LogP contribution in [-0.2, 0) is 0 Å². The largest absolute Gasteiger partial charge is 0.394 e. The Morgan fingerprint density at radius 2 is 1.75 bits per heavy atom. The van der Waals surface area contributed by atoms with Crippen molar-refractivity contribution in [2.45, 2.75) is 32.6 Å². The predicted octanol–water partition coefficient (Wildman–Crippen LogP) is 2.40. The molecule has 2 rings (SSSR count). The Balaban J connectivity index is 2.30. The fourth-order valence-electron chi connectivity index (χ4n) is 2.06. The summed E-state index contributed by atoms with van der Waals surface area (Å²) >= 11 is 5.88. The quantitative estimate of drug-likeness (QED) is 0.766. The van der Waals surface area contributed by atoms with Crippen molar-refractivity contribution in [2.75, 3.05) is 23.7 Å². The van der Waals surface area contributed by atoms with Crippen LogP contribution in [0, 0.1) is 6.92 Å². The zero-order valence-electron chi connectivity index (χ0n) is 9.54. The van der Waals surface area contributed by atoms with Crippen molar-refractivity contribution >= 4 is 23.1 Å². The molecular weight excluding hydrogens is 224 g/mol. The molecule has 1 aliphatic heterocycles. The van der Waals surface area contributed by atoms with Crippen LogP contribution >= 0.6 is 11.6 Å². The average molecular weight is 241 g/mol. The summed E-state index contributed by atoms with van der Waals surface area (Å²) in [6.45, 7) is 3.89. The molecule has 1 saturated heterocycles. The lowest BCUT2D eigenvalue weighted by Gasteiger charge is -2.23. The van der Waals surface area contributed by atoms with Gasteiger partial charge >= 0.3 is 0 Å². The first-order chi connectivity index (χ1) is 7.68. The summed E-state index contributed by atoms with van der Waals surface area (Å²) in [7, 11) is 0. The van der Waals surface area contributed by atoms with Gasteiger partial charge in [-0.05, 0) is 31.4 Å². The molecule has 4 nitrogen and oxygen atoms in total. The number of rotatable bonds is 1. The minimum atomic E-state index is 0.283. The van der Waals surface area contributed by atoms with E-state index in [9.17, 15) is 0 Å². The van der Waals surface area contributed by atoms with Gasteiger partial charge in [0.1, 0.15) is 0 Å². The molecule has 0 radical (unpaired) electrons. The maximum absolute atomic E-state index is 6.01. The molecule has 0 unspecified atom stereocenters. The predicted molar refractivity (Wildman–Crippen MR) is 66.9 cm³/mol. The van der Waals surface area contributed by atoms with Crippen LogP contribution in [0.4, 0.5) is 11.5 Å². The van der Waals surface area contributed by atoms with Crippen molar-refractivity contribution in [1.29, 1.82) is 0 Å². The molecule has 88 valence electrons. The van der Waals surface area contributed by atoms with Gasteiger partial charge in [0, 0.05) is 13.1 Å². The molecule has 0 atom stereocenters. The molecule has 1 aromatic rings. The average Bonchev–Trinajstić information content (AvgIpc) is 2.51. The molecule has 0 bridgehead atoms. The van der Waals surface area contributed by atoms with Gasteiger partial charge < -0.3 is 10.6 Å². The summed E-state index contributed by atoms with van der Waals surface area (Å²) in [4.78, 5) is 10.5. The molecule has 1 aromatic heterocycles. The zero-order valence-corrected chi connectivity index (χ0v) is 10.3. The van der Waals surface area contributed by atoms with E-state index in [4.69, 9.17) is 17.3 Å². The topological polar surface area (TPSA) is 55.0 Å². The van der Waals surface area contributed by atoms with E-state index >= 15 is 0 Å². The molecule has 1 aliphatic rings. The molecule has 0 spiro atoms. The fraction of sp³-hybridized carbons (Fsp3) is 0.636. The first-order valence-electron chi connectivity index (χ1n) is 5.73. The molecule has 2 N–H and O–H groups in total. The maximum atomic E-state index is 6.01. The fourth-order valence-corrected chi connectivity index (χ4v) is 2.26. The molecular formula is C11H17ClN4. The van der Waals surface area contributed by atoms with Crippen LogP contribution in [0.25, 0.3) is 0 Å². The van der Waals surface area contributed by atoms with Crippen molar-refractivity contribution in [3.63, 3.8) is 0 Å². The highest BCUT2D eigenvalue weighted by Gasteiger charge is 2.16. The van der Waals surface area contributed by atoms with E-state index in [1.54, 1.807) is 0 Å². The molecule has 1 fully saturated rings. The van der Waals surface area contributed by atoms with Gasteiger partial charge in [-0.1, -0.05) is 12.8 Å². The van der Waals surface area contributed by atoms with Crippen molar-refractivity contribution in [1.82, 2.24) is 9.97 Å². The van der Waals surface area contributed by atoms with Crippen LogP contribution in [0.15, 0.2) is 0 Å². The SMILES string of the molecule is Cc1nc(Cl)nc(N2CCCCCC2)c1N. The Labute approximate surface area is 101 Å². The first kappa shape index (κ1) is 11.5. The maximum Gasteiger partial charge on any atom is 0.224 e. The number of nitrogens with zero attached hydrogens (tertiary/aromatic N) is 3. The first-order valence-corrected chi connectivity index (χ1v) is 6.11. The van der Waals surface area contributed by atoms with Gasteiger partial charge in [0.05, 0.1) is 11.4 Å². The lowest BCUT2D eigenvalue weighted by atomic mass is 10.2. The van der Waals surface area contributed by atoms with Crippen LogP contribution in [0.5, 0.6) is 0 Å². The van der Waals surface area contributed by atoms with E-state index in [-0.39, 0.29) is 5.28 Å². The molecule has 0 aliphatic carbocycles. The van der Waals surface area contributed by atoms with Crippen LogP contribution in [0.3, 0.4) is 0 Å². The van der Waals surface area contributed by atoms with Crippen LogP contribution in [0.2, 0.25) is 5.28 Å². The molecule has 0 amide bonds. The summed E-state index contributed by atoms with van der Waals surface area (Å²) in [6, 6.07) is 0. The van der Waals surface area contributed by atoms with Gasteiger partial charge in [-0.2, -0.15) is 4.98 Å². The number of nitrogens with two attached hydrogens (primary N) is 1. The lowest BCUT2D eigenvalue weighted by Crippen LogP contribution is -2.26. The Bertz CT molecular complexity index is 372. The second kappa shape index (κ2) is 4.87. The highest BCUT2D eigenvalue weighted by atomic mass is 35.5. The van der Waals surface area contributed by atoms with Crippen molar-refractivity contribution in [3.05, 3.63) is 11.0 Å². The van der Waals surface area contributed by atoms with Gasteiger partial charge in [0.25, 0.3) is 0 Å². The van der Waals surface area contributed by atoms with Gasteiger partial charge in [-0.3, -0.25) is 0 Å². The molecule has 16 heavy (non-hydrogen) atoms. The Morgan fingerprint density at radius 1 is 1.12 bits per heavy atom. The Kier molecular flexibility index (Phi) is 3.49. The normalized spacial score (nSPS) is 17.2. The van der Waals surface area contributed by atoms with E-state index in [1.807, 2.05) is 6.92 Å². The number of hydrogen-bond donors (Lipinski definition) is 1. The minimum Gasteiger partial charge on any atom is -0.394 e.